The van der Waals surface area contributed by atoms with Gasteiger partial charge in [-0.3, -0.25) is 4.79 Å². The van der Waals surface area contributed by atoms with E-state index in [0.29, 0.717) is 25.6 Å². The molecule has 1 amide bonds. The van der Waals surface area contributed by atoms with Gasteiger partial charge in [0.05, 0.1) is 6.54 Å². The van der Waals surface area contributed by atoms with Crippen LogP contribution >= 0.6 is 0 Å². The zero-order valence-electron chi connectivity index (χ0n) is 10.2. The predicted molar refractivity (Wildman–Crippen MR) is 69.3 cm³/mol. The molecule has 0 aromatic carbocycles. The predicted octanol–water partition coefficient (Wildman–Crippen LogP) is -0.450. The van der Waals surface area contributed by atoms with Gasteiger partial charge in [0.15, 0.2) is 0 Å². The van der Waals surface area contributed by atoms with Crippen molar-refractivity contribution in [3.05, 3.63) is 12.8 Å². The number of guanidine groups is 1. The molecule has 1 saturated heterocycles. The fraction of sp³-hybridized carbons (Fsp3) is 0.545. The van der Waals surface area contributed by atoms with E-state index >= 15 is 0 Å². The van der Waals surface area contributed by atoms with Crippen molar-refractivity contribution in [2.24, 2.45) is 9.98 Å². The van der Waals surface area contributed by atoms with E-state index in [9.17, 15) is 4.79 Å². The molecule has 1 fully saturated rings. The molecule has 6 heteroatoms. The molecule has 0 aromatic heterocycles. The minimum absolute atomic E-state index is 0.126. The Hall–Kier alpha value is -1.69. The maximum Gasteiger partial charge on any atom is 0.236 e. The molecule has 1 heterocycles. The molecule has 0 unspecified atom stereocenters. The quantitative estimate of drug-likeness (QED) is 0.534. The first-order valence-electron chi connectivity index (χ1n) is 5.55. The third-order valence-electron chi connectivity index (χ3n) is 2.59. The average molecular weight is 237 g/mol. The van der Waals surface area contributed by atoms with Gasteiger partial charge < -0.3 is 15.1 Å². The van der Waals surface area contributed by atoms with Crippen LogP contribution in [0.2, 0.25) is 0 Å². The number of amides is 1. The van der Waals surface area contributed by atoms with Crippen molar-refractivity contribution >= 4 is 18.6 Å². The second-order valence-electron chi connectivity index (χ2n) is 3.67. The summed E-state index contributed by atoms with van der Waals surface area (Å²) < 4.78 is 0. The van der Waals surface area contributed by atoms with Gasteiger partial charge in [0.25, 0.3) is 0 Å². The maximum atomic E-state index is 11.6. The molecule has 1 rings (SSSR count). The molecule has 94 valence electrons. The van der Waals surface area contributed by atoms with Gasteiger partial charge in [0.2, 0.25) is 11.9 Å². The van der Waals surface area contributed by atoms with Crippen molar-refractivity contribution in [1.82, 2.24) is 15.1 Å². The monoisotopic (exact) mass is 237 g/mol. The average Bonchev–Trinajstić information content (AvgIpc) is 2.36. The van der Waals surface area contributed by atoms with Gasteiger partial charge in [-0.25, -0.2) is 9.98 Å². The van der Waals surface area contributed by atoms with E-state index in [0.717, 1.165) is 13.1 Å². The molecular weight excluding hydrogens is 218 g/mol. The number of hydrogen-bond donors (Lipinski definition) is 1. The van der Waals surface area contributed by atoms with Crippen LogP contribution in [0.15, 0.2) is 22.8 Å². The van der Waals surface area contributed by atoms with Crippen molar-refractivity contribution in [3.8, 4) is 0 Å². The number of likely N-dealkylation sites (N-methyl/N-ethyl adjacent to an activating group) is 1. The van der Waals surface area contributed by atoms with E-state index < -0.39 is 0 Å². The van der Waals surface area contributed by atoms with E-state index in [1.165, 1.54) is 6.20 Å². The number of nitrogens with one attached hydrogen (secondary N) is 1. The highest BCUT2D eigenvalue weighted by atomic mass is 16.2. The van der Waals surface area contributed by atoms with Crippen LogP contribution in [-0.2, 0) is 4.79 Å². The third kappa shape index (κ3) is 3.67. The van der Waals surface area contributed by atoms with Crippen LogP contribution < -0.4 is 5.32 Å². The molecule has 0 bridgehead atoms. The molecule has 0 radical (unpaired) electrons. The highest BCUT2D eigenvalue weighted by Crippen LogP contribution is 2.04. The van der Waals surface area contributed by atoms with Crippen LogP contribution in [0.5, 0.6) is 0 Å². The lowest BCUT2D eigenvalue weighted by Crippen LogP contribution is -2.51. The van der Waals surface area contributed by atoms with Gasteiger partial charge in [-0.05, 0) is 13.8 Å². The van der Waals surface area contributed by atoms with Crippen LogP contribution in [0.3, 0.4) is 0 Å². The third-order valence-corrected chi connectivity index (χ3v) is 2.59. The Bertz CT molecular complexity index is 318. The number of carbonyl (C=O) groups excluding carboxylic acids is 1. The summed E-state index contributed by atoms with van der Waals surface area (Å²) in [5, 5.41) is 2.86. The number of aliphatic imine (C=N–C) groups is 2. The summed E-state index contributed by atoms with van der Waals surface area (Å²) in [4.78, 5) is 23.3. The number of carbonyl (C=O) groups is 1. The SMILES string of the molecule is C=CN=C(N=C)N1CCN(C(=O)CNC)CC1. The number of hydrogen-bond acceptors (Lipinski definition) is 3. The van der Waals surface area contributed by atoms with Crippen LogP contribution in [0.25, 0.3) is 0 Å². The van der Waals surface area contributed by atoms with Gasteiger partial charge in [-0.1, -0.05) is 6.58 Å². The smallest absolute Gasteiger partial charge is 0.236 e. The topological polar surface area (TPSA) is 60.3 Å². The molecule has 0 aliphatic carbocycles. The molecular formula is C11H19N5O. The van der Waals surface area contributed by atoms with Crippen molar-refractivity contribution < 1.29 is 4.79 Å². The molecule has 6 nitrogen and oxygen atoms in total. The Kier molecular flexibility index (Phi) is 5.35. The Morgan fingerprint density at radius 2 is 1.94 bits per heavy atom. The Balaban J connectivity index is 2.50. The minimum Gasteiger partial charge on any atom is -0.338 e. The molecule has 0 saturated carbocycles. The number of piperazine rings is 1. The zero-order valence-corrected chi connectivity index (χ0v) is 10.2. The van der Waals surface area contributed by atoms with Gasteiger partial charge in [-0.2, -0.15) is 0 Å². The van der Waals surface area contributed by atoms with Crippen LogP contribution in [0.1, 0.15) is 0 Å². The molecule has 1 aliphatic rings. The molecule has 0 spiro atoms. The normalized spacial score (nSPS) is 16.9. The number of nitrogens with zero attached hydrogens (tertiary/aromatic N) is 4. The lowest BCUT2D eigenvalue weighted by Gasteiger charge is -2.35. The molecule has 17 heavy (non-hydrogen) atoms. The summed E-state index contributed by atoms with van der Waals surface area (Å²) in [6.45, 7) is 10.2. The fourth-order valence-corrected chi connectivity index (χ4v) is 1.72. The summed E-state index contributed by atoms with van der Waals surface area (Å²) in [5.74, 6) is 0.696. The summed E-state index contributed by atoms with van der Waals surface area (Å²) in [5.41, 5.74) is 0. The fourth-order valence-electron chi connectivity index (χ4n) is 1.72. The summed E-state index contributed by atoms with van der Waals surface area (Å²) >= 11 is 0. The molecule has 0 atom stereocenters. The van der Waals surface area contributed by atoms with E-state index in [1.54, 1.807) is 7.05 Å². The first-order chi connectivity index (χ1) is 8.22. The van der Waals surface area contributed by atoms with Gasteiger partial charge >= 0.3 is 0 Å². The summed E-state index contributed by atoms with van der Waals surface area (Å²) in [6.07, 6.45) is 1.45. The summed E-state index contributed by atoms with van der Waals surface area (Å²) in [7, 11) is 1.77. The zero-order chi connectivity index (χ0) is 12.7. The lowest BCUT2D eigenvalue weighted by atomic mass is 10.3. The molecule has 1 N–H and O–H groups in total. The van der Waals surface area contributed by atoms with Gasteiger partial charge in [0.1, 0.15) is 0 Å². The molecule has 0 aromatic rings. The lowest BCUT2D eigenvalue weighted by molar-refractivity contribution is -0.131. The van der Waals surface area contributed by atoms with Crippen molar-refractivity contribution in [3.63, 3.8) is 0 Å². The second-order valence-corrected chi connectivity index (χ2v) is 3.67. The second kappa shape index (κ2) is 6.80. The Morgan fingerprint density at radius 1 is 1.35 bits per heavy atom. The first-order valence-corrected chi connectivity index (χ1v) is 5.55. The van der Waals surface area contributed by atoms with Crippen LogP contribution in [0.4, 0.5) is 0 Å². The summed E-state index contributed by atoms with van der Waals surface area (Å²) in [6, 6.07) is 0. The van der Waals surface area contributed by atoms with E-state index in [1.807, 2.05) is 9.80 Å². The van der Waals surface area contributed by atoms with E-state index in [4.69, 9.17) is 0 Å². The largest absolute Gasteiger partial charge is 0.338 e. The van der Waals surface area contributed by atoms with Crippen LogP contribution in [-0.4, -0.2) is 68.2 Å². The van der Waals surface area contributed by atoms with Crippen molar-refractivity contribution in [1.29, 1.82) is 0 Å². The highest BCUT2D eigenvalue weighted by Gasteiger charge is 2.21. The first kappa shape index (κ1) is 13.4. The van der Waals surface area contributed by atoms with Gasteiger partial charge in [-0.15, -0.1) is 0 Å². The Labute approximate surface area is 102 Å². The van der Waals surface area contributed by atoms with Crippen LogP contribution in [0, 0.1) is 0 Å². The minimum atomic E-state index is 0.126. The highest BCUT2D eigenvalue weighted by molar-refractivity contribution is 5.85. The van der Waals surface area contributed by atoms with Crippen molar-refractivity contribution in [2.45, 2.75) is 0 Å². The number of rotatable bonds is 3. The molecule has 1 aliphatic heterocycles. The van der Waals surface area contributed by atoms with Gasteiger partial charge in [0, 0.05) is 32.4 Å². The van der Waals surface area contributed by atoms with E-state index in [2.05, 4.69) is 28.6 Å². The Morgan fingerprint density at radius 3 is 2.41 bits per heavy atom. The maximum absolute atomic E-state index is 11.6. The van der Waals surface area contributed by atoms with Crippen molar-refractivity contribution in [2.75, 3.05) is 39.8 Å². The van der Waals surface area contributed by atoms with E-state index in [-0.39, 0.29) is 5.91 Å². The standard InChI is InChI=1S/C11H19N5O/c1-4-14-11(13-3)16-7-5-15(6-8-16)10(17)9-12-2/h4,12H,1,3,5-9H2,2H3.